The van der Waals surface area contributed by atoms with Crippen LogP contribution in [0.15, 0.2) is 18.2 Å². The molecule has 1 saturated heterocycles. The van der Waals surface area contributed by atoms with Crippen molar-refractivity contribution in [1.82, 2.24) is 5.32 Å². The van der Waals surface area contributed by atoms with Gasteiger partial charge < -0.3 is 15.7 Å². The monoisotopic (exact) mass is 279 g/mol. The smallest absolute Gasteiger partial charge is 0.273 e. The number of phenols is 1. The lowest BCUT2D eigenvalue weighted by atomic mass is 9.82. The Morgan fingerprint density at radius 1 is 1.55 bits per heavy atom. The molecule has 0 radical (unpaired) electrons. The molecule has 0 saturated carbocycles. The normalized spacial score (nSPS) is 22.2. The molecule has 2 rings (SSSR count). The molecule has 1 fully saturated rings. The summed E-state index contributed by atoms with van der Waals surface area (Å²) in [7, 11) is 0. The molecule has 20 heavy (non-hydrogen) atoms. The number of carbonyl (C=O) groups excluding carboxylic acids is 1. The molecule has 0 spiro atoms. The lowest BCUT2D eigenvalue weighted by molar-refractivity contribution is -0.384. The molecule has 1 amide bonds. The minimum absolute atomic E-state index is 0.187. The van der Waals surface area contributed by atoms with Gasteiger partial charge in [0.05, 0.1) is 22.1 Å². The topological polar surface area (TPSA) is 104 Å². The Kier molecular flexibility index (Phi) is 3.89. The van der Waals surface area contributed by atoms with Gasteiger partial charge in [0.15, 0.2) is 0 Å². The average Bonchev–Trinajstić information content (AvgIpc) is 2.41. The largest absolute Gasteiger partial charge is 0.506 e. The Morgan fingerprint density at radius 2 is 2.30 bits per heavy atom. The maximum atomic E-state index is 12.3. The Balaban J connectivity index is 2.13. The van der Waals surface area contributed by atoms with Crippen LogP contribution in [-0.2, 0) is 4.79 Å². The van der Waals surface area contributed by atoms with E-state index in [-0.39, 0.29) is 23.0 Å². The van der Waals surface area contributed by atoms with Crippen LogP contribution in [0.3, 0.4) is 0 Å². The number of hydrogen-bond donors (Lipinski definition) is 3. The van der Waals surface area contributed by atoms with Crippen molar-refractivity contribution in [3.05, 3.63) is 28.3 Å². The quantitative estimate of drug-likeness (QED) is 0.443. The number of nitrogens with one attached hydrogen (secondary N) is 2. The van der Waals surface area contributed by atoms with Crippen LogP contribution in [0.25, 0.3) is 0 Å². The highest BCUT2D eigenvalue weighted by Gasteiger charge is 2.35. The minimum Gasteiger partial charge on any atom is -0.506 e. The van der Waals surface area contributed by atoms with Gasteiger partial charge in [0.2, 0.25) is 5.91 Å². The van der Waals surface area contributed by atoms with Crippen LogP contribution in [0.5, 0.6) is 5.75 Å². The van der Waals surface area contributed by atoms with Gasteiger partial charge in [-0.05, 0) is 32.4 Å². The van der Waals surface area contributed by atoms with Gasteiger partial charge in [0.1, 0.15) is 5.75 Å². The number of nitrogens with zero attached hydrogens (tertiary/aromatic N) is 1. The maximum absolute atomic E-state index is 12.3. The first-order valence-electron chi connectivity index (χ1n) is 6.42. The van der Waals surface area contributed by atoms with Gasteiger partial charge >= 0.3 is 0 Å². The number of aromatic hydroxyl groups is 1. The third-order valence-corrected chi connectivity index (χ3v) is 3.59. The molecular weight excluding hydrogens is 262 g/mol. The molecule has 108 valence electrons. The molecule has 1 aliphatic rings. The number of phenolic OH excluding ortho intramolecular Hbond substituents is 1. The van der Waals surface area contributed by atoms with Gasteiger partial charge in [-0.1, -0.05) is 0 Å². The molecule has 1 aromatic rings. The van der Waals surface area contributed by atoms with E-state index in [1.54, 1.807) is 0 Å². The van der Waals surface area contributed by atoms with Crippen molar-refractivity contribution in [3.63, 3.8) is 0 Å². The predicted molar refractivity (Wildman–Crippen MR) is 73.6 cm³/mol. The van der Waals surface area contributed by atoms with E-state index in [9.17, 15) is 20.0 Å². The summed E-state index contributed by atoms with van der Waals surface area (Å²) >= 11 is 0. The molecular formula is C13H17N3O4. The van der Waals surface area contributed by atoms with Crippen LogP contribution >= 0.6 is 0 Å². The number of benzene rings is 1. The van der Waals surface area contributed by atoms with Crippen LogP contribution in [0.2, 0.25) is 0 Å². The number of amides is 1. The maximum Gasteiger partial charge on any atom is 0.273 e. The van der Waals surface area contributed by atoms with E-state index in [0.29, 0.717) is 6.54 Å². The highest BCUT2D eigenvalue weighted by molar-refractivity contribution is 5.96. The Bertz CT molecular complexity index is 538. The highest BCUT2D eigenvalue weighted by atomic mass is 16.6. The van der Waals surface area contributed by atoms with E-state index in [2.05, 4.69) is 10.6 Å². The Hall–Kier alpha value is -2.15. The fourth-order valence-electron chi connectivity index (χ4n) is 2.26. The summed E-state index contributed by atoms with van der Waals surface area (Å²) in [5.74, 6) is -0.506. The number of hydrogen-bond acceptors (Lipinski definition) is 5. The summed E-state index contributed by atoms with van der Waals surface area (Å²) < 4.78 is 0. The lowest BCUT2D eigenvalue weighted by Gasteiger charge is -2.32. The number of piperidine rings is 1. The second-order valence-electron chi connectivity index (χ2n) is 5.25. The standard InChI is InChI=1S/C13H17N3O4/c1-13(5-2-6-14-8-13)12(18)15-10-4-3-9(16(19)20)7-11(10)17/h3-4,7,14,17H,2,5-6,8H2,1H3,(H,15,18). The zero-order chi connectivity index (χ0) is 14.8. The summed E-state index contributed by atoms with van der Waals surface area (Å²) in [6.07, 6.45) is 1.68. The number of carbonyl (C=O) groups is 1. The zero-order valence-electron chi connectivity index (χ0n) is 11.2. The average molecular weight is 279 g/mol. The second kappa shape index (κ2) is 5.46. The summed E-state index contributed by atoms with van der Waals surface area (Å²) in [6, 6.07) is 3.61. The first kappa shape index (κ1) is 14.3. The molecule has 7 nitrogen and oxygen atoms in total. The van der Waals surface area contributed by atoms with Crippen molar-refractivity contribution in [1.29, 1.82) is 0 Å². The van der Waals surface area contributed by atoms with Crippen molar-refractivity contribution < 1.29 is 14.8 Å². The summed E-state index contributed by atoms with van der Waals surface area (Å²) in [5.41, 5.74) is -0.564. The van der Waals surface area contributed by atoms with Gasteiger partial charge in [-0.2, -0.15) is 0 Å². The first-order chi connectivity index (χ1) is 9.42. The number of anilines is 1. The van der Waals surface area contributed by atoms with E-state index in [4.69, 9.17) is 0 Å². The van der Waals surface area contributed by atoms with Crippen molar-refractivity contribution in [3.8, 4) is 5.75 Å². The van der Waals surface area contributed by atoms with Gasteiger partial charge in [0.25, 0.3) is 5.69 Å². The van der Waals surface area contributed by atoms with Crippen LogP contribution in [0.1, 0.15) is 19.8 Å². The molecule has 0 bridgehead atoms. The van der Waals surface area contributed by atoms with Gasteiger partial charge in [-0.3, -0.25) is 14.9 Å². The summed E-state index contributed by atoms with van der Waals surface area (Å²) in [4.78, 5) is 22.2. The highest BCUT2D eigenvalue weighted by Crippen LogP contribution is 2.31. The fourth-order valence-corrected chi connectivity index (χ4v) is 2.26. The van der Waals surface area contributed by atoms with Crippen molar-refractivity contribution in [2.75, 3.05) is 18.4 Å². The molecule has 0 aliphatic carbocycles. The molecule has 1 atom stereocenters. The van der Waals surface area contributed by atoms with Crippen molar-refractivity contribution in [2.45, 2.75) is 19.8 Å². The fraction of sp³-hybridized carbons (Fsp3) is 0.462. The third kappa shape index (κ3) is 2.88. The van der Waals surface area contributed by atoms with Crippen LogP contribution < -0.4 is 10.6 Å². The molecule has 1 heterocycles. The Labute approximate surface area is 116 Å². The molecule has 1 aromatic carbocycles. The first-order valence-corrected chi connectivity index (χ1v) is 6.42. The Morgan fingerprint density at radius 3 is 2.85 bits per heavy atom. The van der Waals surface area contributed by atoms with Crippen molar-refractivity contribution in [2.24, 2.45) is 5.41 Å². The summed E-state index contributed by atoms with van der Waals surface area (Å²) in [6.45, 7) is 3.33. The molecule has 1 aliphatic heterocycles. The second-order valence-corrected chi connectivity index (χ2v) is 5.25. The van der Waals surface area contributed by atoms with Gasteiger partial charge in [0, 0.05) is 12.6 Å². The minimum atomic E-state index is -0.600. The third-order valence-electron chi connectivity index (χ3n) is 3.59. The lowest BCUT2D eigenvalue weighted by Crippen LogP contribution is -2.46. The van der Waals surface area contributed by atoms with Crippen LogP contribution in [0.4, 0.5) is 11.4 Å². The number of non-ortho nitro benzene ring substituents is 1. The molecule has 3 N–H and O–H groups in total. The SMILES string of the molecule is CC1(C(=O)Nc2ccc([N+](=O)[O-])cc2O)CCCNC1. The van der Waals surface area contributed by atoms with Crippen LogP contribution in [-0.4, -0.2) is 29.0 Å². The molecule has 0 aromatic heterocycles. The van der Waals surface area contributed by atoms with Gasteiger partial charge in [-0.25, -0.2) is 0 Å². The molecule has 7 heteroatoms. The van der Waals surface area contributed by atoms with E-state index in [1.807, 2.05) is 6.92 Å². The van der Waals surface area contributed by atoms with E-state index < -0.39 is 10.3 Å². The number of nitro groups is 1. The van der Waals surface area contributed by atoms with E-state index >= 15 is 0 Å². The number of nitro benzene ring substituents is 1. The van der Waals surface area contributed by atoms with Crippen molar-refractivity contribution >= 4 is 17.3 Å². The van der Waals surface area contributed by atoms with E-state index in [0.717, 1.165) is 25.5 Å². The van der Waals surface area contributed by atoms with Crippen LogP contribution in [0, 0.1) is 15.5 Å². The summed E-state index contributed by atoms with van der Waals surface area (Å²) in [5, 5.41) is 26.1. The van der Waals surface area contributed by atoms with E-state index in [1.165, 1.54) is 12.1 Å². The predicted octanol–water partition coefficient (Wildman–Crippen LogP) is 1.63. The zero-order valence-corrected chi connectivity index (χ0v) is 11.2. The number of rotatable bonds is 3. The van der Waals surface area contributed by atoms with Gasteiger partial charge in [-0.15, -0.1) is 0 Å². The molecule has 1 unspecified atom stereocenters.